The molecule has 0 bridgehead atoms. The minimum Gasteiger partial charge on any atom is -0.507 e. The van der Waals surface area contributed by atoms with Crippen molar-refractivity contribution in [2.24, 2.45) is 0 Å². The molecule has 8 aromatic rings. The summed E-state index contributed by atoms with van der Waals surface area (Å²) < 4.78 is 27.8. The third-order valence-electron chi connectivity index (χ3n) is 11.2. The molecule has 2 heterocycles. The maximum atomic E-state index is 12.4. The fourth-order valence-electron chi connectivity index (χ4n) is 7.78. The Morgan fingerprint density at radius 2 is 1.22 bits per heavy atom. The molecule has 0 saturated carbocycles. The summed E-state index contributed by atoms with van der Waals surface area (Å²) in [5, 5.41) is 12.4. The molecular formula is C55H54N3OPt-. The third-order valence-corrected chi connectivity index (χ3v) is 11.2. The molecule has 0 aliphatic carbocycles. The molecule has 4 nitrogen and oxygen atoms in total. The largest absolute Gasteiger partial charge is 0.507 e. The number of nitrogens with zero attached hydrogens (tertiary/aromatic N) is 3. The molecule has 0 saturated heterocycles. The maximum absolute atomic E-state index is 12.4. The van der Waals surface area contributed by atoms with Gasteiger partial charge < -0.3 is 5.11 Å². The zero-order valence-corrected chi connectivity index (χ0v) is 38.2. The predicted molar refractivity (Wildman–Crippen MR) is 247 cm³/mol. The van der Waals surface area contributed by atoms with Crippen molar-refractivity contribution in [1.29, 1.82) is 0 Å². The summed E-state index contributed by atoms with van der Waals surface area (Å²) in [5.41, 5.74) is 12.2. The topological polar surface area (TPSA) is 50.9 Å². The second kappa shape index (κ2) is 16.1. The van der Waals surface area contributed by atoms with Gasteiger partial charge in [0.2, 0.25) is 0 Å². The number of phenols is 1. The fraction of sp³-hybridized carbons (Fsp3) is 0.236. The summed E-state index contributed by atoms with van der Waals surface area (Å²) in [7, 11) is 0. The van der Waals surface area contributed by atoms with Gasteiger partial charge in [-0.2, -0.15) is 0 Å². The van der Waals surface area contributed by atoms with Crippen LogP contribution in [0.3, 0.4) is 0 Å². The molecule has 0 aliphatic rings. The molecule has 2 aromatic heterocycles. The van der Waals surface area contributed by atoms with Gasteiger partial charge in [0.1, 0.15) is 11.6 Å². The average molecular weight is 971 g/mol. The van der Waals surface area contributed by atoms with E-state index in [4.69, 9.17) is 14.1 Å². The number of benzene rings is 6. The summed E-state index contributed by atoms with van der Waals surface area (Å²) in [4.78, 5) is 10.4. The number of para-hydroxylation sites is 1. The van der Waals surface area contributed by atoms with Crippen molar-refractivity contribution in [3.63, 3.8) is 0 Å². The van der Waals surface area contributed by atoms with Crippen LogP contribution in [-0.2, 0) is 37.3 Å². The van der Waals surface area contributed by atoms with Crippen LogP contribution in [0.4, 0.5) is 0 Å². The normalized spacial score (nSPS) is 13.1. The van der Waals surface area contributed by atoms with E-state index in [-0.39, 0.29) is 43.2 Å². The Hall–Kier alpha value is -5.57. The van der Waals surface area contributed by atoms with Crippen LogP contribution in [0.1, 0.15) is 88.7 Å². The second-order valence-corrected chi connectivity index (χ2v) is 18.7. The van der Waals surface area contributed by atoms with Gasteiger partial charge in [-0.3, -0.25) is 9.55 Å². The van der Waals surface area contributed by atoms with Crippen LogP contribution in [0, 0.1) is 12.9 Å². The van der Waals surface area contributed by atoms with Crippen LogP contribution in [-0.4, -0.2) is 19.6 Å². The van der Waals surface area contributed by atoms with Gasteiger partial charge in [0.25, 0.3) is 0 Å². The van der Waals surface area contributed by atoms with Crippen molar-refractivity contribution in [3.8, 4) is 67.5 Å². The summed E-state index contributed by atoms with van der Waals surface area (Å²) in [6.45, 7) is 17.0. The summed E-state index contributed by atoms with van der Waals surface area (Å²) >= 11 is 0. The maximum Gasteiger partial charge on any atom is 0.148 e. The number of aryl methyl sites for hydroxylation is 1. The zero-order valence-electron chi connectivity index (χ0n) is 38.9. The van der Waals surface area contributed by atoms with Crippen molar-refractivity contribution in [2.75, 3.05) is 0 Å². The molecule has 306 valence electrons. The van der Waals surface area contributed by atoms with E-state index in [2.05, 4.69) is 111 Å². The Morgan fingerprint density at radius 1 is 0.583 bits per heavy atom. The van der Waals surface area contributed by atoms with Gasteiger partial charge in [0.05, 0.1) is 16.6 Å². The number of imidazole rings is 1. The number of aromatic nitrogens is 3. The first kappa shape index (κ1) is 38.6. The monoisotopic (exact) mass is 970 g/mol. The number of fused-ring (bicyclic) bond motifs is 1. The number of phenolic OH excluding ortho intramolecular Hbond substituents is 1. The predicted octanol–water partition coefficient (Wildman–Crippen LogP) is 14.5. The SMILES string of the molecule is [2H]C([2H])([2H])c1cc(-c2ccccc2)cc(-n2c(-c3cc(C(C)(C)C)cc(C(C)(C)C)c3O)nc3c(-c4[c-]c(-c5cc(-c6ccccc6)ccn5)cc(C(C)(C)C)c4)cccc32)c1.[Pt]. The molecule has 0 amide bonds. The molecule has 1 N–H and O–H groups in total. The van der Waals surface area contributed by atoms with Gasteiger partial charge in [0.15, 0.2) is 0 Å². The Balaban J connectivity index is 0.00000595. The Morgan fingerprint density at radius 3 is 1.85 bits per heavy atom. The molecule has 0 radical (unpaired) electrons. The van der Waals surface area contributed by atoms with E-state index in [1.807, 2.05) is 89.6 Å². The second-order valence-electron chi connectivity index (χ2n) is 18.7. The fourth-order valence-corrected chi connectivity index (χ4v) is 7.78. The van der Waals surface area contributed by atoms with Crippen LogP contribution >= 0.6 is 0 Å². The Kier molecular flexibility index (Phi) is 10.4. The number of pyridine rings is 1. The first-order valence-corrected chi connectivity index (χ1v) is 20.4. The van der Waals surface area contributed by atoms with Gasteiger partial charge in [-0.25, -0.2) is 4.98 Å². The number of hydrogen-bond donors (Lipinski definition) is 1. The molecule has 0 fully saturated rings. The number of rotatable bonds is 6. The summed E-state index contributed by atoms with van der Waals surface area (Å²) in [5.74, 6) is 0.652. The molecule has 5 heteroatoms. The van der Waals surface area contributed by atoms with E-state index < -0.39 is 12.3 Å². The molecule has 0 atom stereocenters. The minimum atomic E-state index is -2.39. The summed E-state index contributed by atoms with van der Waals surface area (Å²) in [6.07, 6.45) is 1.85. The Bertz CT molecular complexity index is 2950. The molecule has 8 rings (SSSR count). The van der Waals surface area contributed by atoms with E-state index in [0.29, 0.717) is 22.6 Å². The quantitative estimate of drug-likeness (QED) is 0.169. The molecule has 0 aliphatic heterocycles. The zero-order chi connectivity index (χ0) is 44.4. The van der Waals surface area contributed by atoms with Crippen LogP contribution in [0.25, 0.3) is 72.7 Å². The number of hydrogen-bond acceptors (Lipinski definition) is 3. The molecule has 6 aromatic carbocycles. The van der Waals surface area contributed by atoms with E-state index in [0.717, 1.165) is 66.8 Å². The summed E-state index contributed by atoms with van der Waals surface area (Å²) in [6, 6.07) is 48.2. The van der Waals surface area contributed by atoms with Gasteiger partial charge in [-0.05, 0) is 86.8 Å². The molecular weight excluding hydrogens is 914 g/mol. The van der Waals surface area contributed by atoms with Crippen molar-refractivity contribution in [1.82, 2.24) is 14.5 Å². The molecule has 0 spiro atoms. The van der Waals surface area contributed by atoms with Crippen molar-refractivity contribution in [2.45, 2.75) is 85.4 Å². The molecule has 0 unspecified atom stereocenters. The van der Waals surface area contributed by atoms with Crippen molar-refractivity contribution in [3.05, 3.63) is 168 Å². The number of aromatic hydroxyl groups is 1. The van der Waals surface area contributed by atoms with E-state index in [9.17, 15) is 5.11 Å². The van der Waals surface area contributed by atoms with Crippen molar-refractivity contribution < 1.29 is 30.3 Å². The minimum absolute atomic E-state index is 0. The van der Waals surface area contributed by atoms with E-state index in [1.54, 1.807) is 12.1 Å². The van der Waals surface area contributed by atoms with Gasteiger partial charge >= 0.3 is 0 Å². The third kappa shape index (κ3) is 8.41. The smallest absolute Gasteiger partial charge is 0.148 e. The van der Waals surface area contributed by atoms with Gasteiger partial charge in [-0.15, -0.1) is 29.3 Å². The van der Waals surface area contributed by atoms with Crippen LogP contribution < -0.4 is 0 Å². The standard InChI is InChI=1S/C55H54N3O.Pt/c1-35-26-39(37-20-15-12-16-21-37)31-44(27-35)58-49-23-17-22-45(50(49)57-52(58)46-33-43(54(5,6)7)34-47(51(46)59)55(8,9)10)40-28-41(30-42(29-40)53(2,3)4)48-32-38(24-25-56-48)36-18-13-11-14-19-36;/h11-27,29-34,59H,1-10H3;/q-1;/i1D3;. The Labute approximate surface area is 374 Å². The van der Waals surface area contributed by atoms with Gasteiger partial charge in [0, 0.05) is 48.3 Å². The first-order chi connectivity index (χ1) is 29.2. The van der Waals surface area contributed by atoms with Crippen LogP contribution in [0.5, 0.6) is 5.75 Å². The van der Waals surface area contributed by atoms with Crippen LogP contribution in [0.15, 0.2) is 140 Å². The van der Waals surface area contributed by atoms with Crippen molar-refractivity contribution >= 4 is 11.0 Å². The van der Waals surface area contributed by atoms with Crippen LogP contribution in [0.2, 0.25) is 0 Å². The first-order valence-electron chi connectivity index (χ1n) is 21.9. The average Bonchev–Trinajstić information content (AvgIpc) is 3.62. The van der Waals surface area contributed by atoms with E-state index >= 15 is 0 Å². The molecule has 60 heavy (non-hydrogen) atoms. The van der Waals surface area contributed by atoms with Gasteiger partial charge in [-0.1, -0.05) is 164 Å². The van der Waals surface area contributed by atoms with E-state index in [1.165, 1.54) is 0 Å².